The molecule has 24 heavy (non-hydrogen) atoms. The van der Waals surface area contributed by atoms with Gasteiger partial charge in [0.25, 0.3) is 0 Å². The second-order valence-corrected chi connectivity index (χ2v) is 6.37. The predicted molar refractivity (Wildman–Crippen MR) is 92.6 cm³/mol. The lowest BCUT2D eigenvalue weighted by atomic mass is 10.3. The van der Waals surface area contributed by atoms with E-state index >= 15 is 0 Å². The van der Waals surface area contributed by atoms with Crippen LogP contribution in [0.4, 0.5) is 11.5 Å². The molecule has 2 heterocycles. The summed E-state index contributed by atoms with van der Waals surface area (Å²) in [5.41, 5.74) is -0.204. The highest BCUT2D eigenvalue weighted by molar-refractivity contribution is 9.10. The summed E-state index contributed by atoms with van der Waals surface area (Å²) in [4.78, 5) is 23.3. The Morgan fingerprint density at radius 1 is 1.17 bits per heavy atom. The Hall–Kier alpha value is -2.26. The summed E-state index contributed by atoms with van der Waals surface area (Å²) in [6.07, 6.45) is 1.30. The number of nitro groups is 1. The van der Waals surface area contributed by atoms with E-state index in [4.69, 9.17) is 4.74 Å². The molecule has 1 aliphatic heterocycles. The van der Waals surface area contributed by atoms with E-state index in [1.165, 1.54) is 6.33 Å². The van der Waals surface area contributed by atoms with E-state index < -0.39 is 4.92 Å². The van der Waals surface area contributed by atoms with E-state index in [-0.39, 0.29) is 11.6 Å². The third-order valence-corrected chi connectivity index (χ3v) is 4.31. The van der Waals surface area contributed by atoms with Crippen molar-refractivity contribution < 1.29 is 9.66 Å². The molecule has 1 aliphatic rings. The number of hydrogen-bond donors (Lipinski definition) is 0. The first-order valence-corrected chi connectivity index (χ1v) is 8.20. The molecule has 0 atom stereocenters. The lowest BCUT2D eigenvalue weighted by molar-refractivity contribution is -0.385. The van der Waals surface area contributed by atoms with E-state index in [1.807, 2.05) is 11.9 Å². The number of rotatable bonds is 4. The molecule has 126 valence electrons. The second kappa shape index (κ2) is 7.10. The summed E-state index contributed by atoms with van der Waals surface area (Å²) in [5.74, 6) is 0.728. The van der Waals surface area contributed by atoms with Crippen LogP contribution in [-0.4, -0.2) is 53.0 Å². The van der Waals surface area contributed by atoms with Gasteiger partial charge in [0.1, 0.15) is 12.1 Å². The van der Waals surface area contributed by atoms with Crippen LogP contribution in [-0.2, 0) is 0 Å². The Bertz CT molecular complexity index is 732. The average molecular weight is 394 g/mol. The van der Waals surface area contributed by atoms with E-state index in [1.54, 1.807) is 24.3 Å². The first kappa shape index (κ1) is 16.6. The molecule has 0 amide bonds. The maximum Gasteiger partial charge on any atom is 0.373 e. The Morgan fingerprint density at radius 2 is 1.83 bits per heavy atom. The van der Waals surface area contributed by atoms with Crippen LogP contribution in [0.3, 0.4) is 0 Å². The molecule has 0 spiro atoms. The van der Waals surface area contributed by atoms with Crippen LogP contribution in [0.5, 0.6) is 11.6 Å². The van der Waals surface area contributed by atoms with Gasteiger partial charge in [-0.05, 0) is 31.3 Å². The van der Waals surface area contributed by atoms with Crippen molar-refractivity contribution in [1.82, 2.24) is 14.9 Å². The quantitative estimate of drug-likeness (QED) is 0.582. The molecule has 1 fully saturated rings. The maximum atomic E-state index is 11.6. The molecule has 1 aromatic heterocycles. The van der Waals surface area contributed by atoms with Gasteiger partial charge in [-0.25, -0.2) is 4.98 Å². The van der Waals surface area contributed by atoms with Crippen molar-refractivity contribution in [2.45, 2.75) is 0 Å². The Kier molecular flexibility index (Phi) is 4.91. The van der Waals surface area contributed by atoms with Gasteiger partial charge in [0.2, 0.25) is 5.82 Å². The topological polar surface area (TPSA) is 84.6 Å². The van der Waals surface area contributed by atoms with Crippen molar-refractivity contribution in [3.8, 4) is 11.6 Å². The Morgan fingerprint density at radius 3 is 2.46 bits per heavy atom. The van der Waals surface area contributed by atoms with Crippen LogP contribution < -0.4 is 9.64 Å². The number of hydrogen-bond acceptors (Lipinski definition) is 7. The standard InChI is InChI=1S/C15H16BrN5O3/c1-19-6-8-20(9-7-19)14-13(21(22)23)15(18-10-17-14)24-12-4-2-11(16)3-5-12/h2-5,10H,6-9H2,1H3. The summed E-state index contributed by atoms with van der Waals surface area (Å²) >= 11 is 3.34. The highest BCUT2D eigenvalue weighted by Gasteiger charge is 2.30. The van der Waals surface area contributed by atoms with Crippen molar-refractivity contribution in [2.75, 3.05) is 38.1 Å². The number of piperazine rings is 1. The van der Waals surface area contributed by atoms with Crippen LogP contribution >= 0.6 is 15.9 Å². The van der Waals surface area contributed by atoms with Crippen molar-refractivity contribution in [3.63, 3.8) is 0 Å². The van der Waals surface area contributed by atoms with Gasteiger partial charge in [-0.2, -0.15) is 4.98 Å². The van der Waals surface area contributed by atoms with Crippen LogP contribution in [0.1, 0.15) is 0 Å². The number of likely N-dealkylation sites (N-methyl/N-ethyl adjacent to an activating group) is 1. The normalized spacial score (nSPS) is 15.3. The molecule has 0 aliphatic carbocycles. The van der Waals surface area contributed by atoms with Gasteiger partial charge < -0.3 is 14.5 Å². The third-order valence-electron chi connectivity index (χ3n) is 3.78. The summed E-state index contributed by atoms with van der Waals surface area (Å²) in [6.45, 7) is 2.99. The number of benzene rings is 1. The number of aromatic nitrogens is 2. The molecular weight excluding hydrogens is 378 g/mol. The van der Waals surface area contributed by atoms with Crippen molar-refractivity contribution in [2.24, 2.45) is 0 Å². The lowest BCUT2D eigenvalue weighted by Crippen LogP contribution is -2.45. The largest absolute Gasteiger partial charge is 0.434 e. The molecule has 2 aromatic rings. The van der Waals surface area contributed by atoms with Crippen LogP contribution in [0, 0.1) is 10.1 Å². The van der Waals surface area contributed by atoms with Gasteiger partial charge in [0.15, 0.2) is 0 Å². The maximum absolute atomic E-state index is 11.6. The van der Waals surface area contributed by atoms with Gasteiger partial charge in [0.05, 0.1) is 4.92 Å². The fourth-order valence-corrected chi connectivity index (χ4v) is 2.72. The van der Waals surface area contributed by atoms with Crippen molar-refractivity contribution in [1.29, 1.82) is 0 Å². The predicted octanol–water partition coefficient (Wildman–Crippen LogP) is 2.69. The first-order valence-electron chi connectivity index (χ1n) is 7.41. The van der Waals surface area contributed by atoms with Crippen LogP contribution in [0.2, 0.25) is 0 Å². The molecule has 0 radical (unpaired) electrons. The Labute approximate surface area is 147 Å². The Balaban J connectivity index is 1.93. The molecule has 1 saturated heterocycles. The minimum Gasteiger partial charge on any atom is -0.434 e. The zero-order valence-corrected chi connectivity index (χ0v) is 14.6. The molecule has 0 saturated carbocycles. The SMILES string of the molecule is CN1CCN(c2ncnc(Oc3ccc(Br)cc3)c2[N+](=O)[O-])CC1. The number of anilines is 1. The highest BCUT2D eigenvalue weighted by Crippen LogP contribution is 2.36. The summed E-state index contributed by atoms with van der Waals surface area (Å²) in [6, 6.07) is 7.02. The molecule has 3 rings (SSSR count). The number of halogens is 1. The van der Waals surface area contributed by atoms with E-state index in [0.29, 0.717) is 24.7 Å². The second-order valence-electron chi connectivity index (χ2n) is 5.45. The van der Waals surface area contributed by atoms with Gasteiger partial charge in [-0.3, -0.25) is 10.1 Å². The number of nitrogens with zero attached hydrogens (tertiary/aromatic N) is 5. The zero-order chi connectivity index (χ0) is 17.1. The highest BCUT2D eigenvalue weighted by atomic mass is 79.9. The van der Waals surface area contributed by atoms with E-state index in [2.05, 4.69) is 30.8 Å². The average Bonchev–Trinajstić information content (AvgIpc) is 2.57. The van der Waals surface area contributed by atoms with Crippen molar-refractivity contribution >= 4 is 27.4 Å². The molecule has 0 bridgehead atoms. The minimum atomic E-state index is -0.484. The van der Waals surface area contributed by atoms with Gasteiger partial charge in [-0.1, -0.05) is 15.9 Å². The third kappa shape index (κ3) is 3.62. The minimum absolute atomic E-state index is 0.0498. The lowest BCUT2D eigenvalue weighted by Gasteiger charge is -2.32. The van der Waals surface area contributed by atoms with Crippen molar-refractivity contribution in [3.05, 3.63) is 45.2 Å². The van der Waals surface area contributed by atoms with Crippen LogP contribution in [0.25, 0.3) is 0 Å². The summed E-state index contributed by atoms with van der Waals surface area (Å²) in [5, 5.41) is 11.6. The van der Waals surface area contributed by atoms with Crippen LogP contribution in [0.15, 0.2) is 35.1 Å². The number of ether oxygens (including phenoxy) is 1. The van der Waals surface area contributed by atoms with E-state index in [0.717, 1.165) is 17.6 Å². The van der Waals surface area contributed by atoms with Gasteiger partial charge >= 0.3 is 11.6 Å². The zero-order valence-electron chi connectivity index (χ0n) is 13.1. The molecular formula is C15H16BrN5O3. The fraction of sp³-hybridized carbons (Fsp3) is 0.333. The smallest absolute Gasteiger partial charge is 0.373 e. The fourth-order valence-electron chi connectivity index (χ4n) is 2.45. The van der Waals surface area contributed by atoms with Gasteiger partial charge in [-0.15, -0.1) is 0 Å². The summed E-state index contributed by atoms with van der Waals surface area (Å²) < 4.78 is 6.52. The molecule has 0 N–H and O–H groups in total. The van der Waals surface area contributed by atoms with Gasteiger partial charge in [0, 0.05) is 30.7 Å². The molecule has 0 unspecified atom stereocenters. The first-order chi connectivity index (χ1) is 11.5. The molecule has 8 nitrogen and oxygen atoms in total. The monoisotopic (exact) mass is 393 g/mol. The molecule has 1 aromatic carbocycles. The molecule has 9 heteroatoms. The van der Waals surface area contributed by atoms with E-state index in [9.17, 15) is 10.1 Å². The summed E-state index contributed by atoms with van der Waals surface area (Å²) in [7, 11) is 2.02.